The van der Waals surface area contributed by atoms with Crippen molar-refractivity contribution in [2.75, 3.05) is 23.4 Å². The minimum Gasteiger partial charge on any atom is -0.480 e. The second-order valence-electron chi connectivity index (χ2n) is 10.2. The lowest BCUT2D eigenvalue weighted by molar-refractivity contribution is -0.118. The van der Waals surface area contributed by atoms with Crippen molar-refractivity contribution < 1.29 is 29.0 Å². The molecule has 2 aliphatic carbocycles. The van der Waals surface area contributed by atoms with Crippen LogP contribution in [0.4, 0.5) is 21.2 Å². The molecule has 12 nitrogen and oxygen atoms in total. The number of anilines is 2. The van der Waals surface area contributed by atoms with Crippen molar-refractivity contribution >= 4 is 29.7 Å². The fourth-order valence-corrected chi connectivity index (χ4v) is 6.09. The molecule has 4 atom stereocenters. The van der Waals surface area contributed by atoms with E-state index in [-0.39, 0.29) is 42.8 Å². The molecule has 1 saturated heterocycles. The van der Waals surface area contributed by atoms with Gasteiger partial charge in [0.2, 0.25) is 0 Å². The predicted molar refractivity (Wildman–Crippen MR) is 133 cm³/mol. The molecule has 196 valence electrons. The van der Waals surface area contributed by atoms with E-state index < -0.39 is 23.8 Å². The van der Waals surface area contributed by atoms with E-state index in [1.54, 1.807) is 12.1 Å². The highest BCUT2D eigenvalue weighted by atomic mass is 16.6. The van der Waals surface area contributed by atoms with Gasteiger partial charge in [-0.1, -0.05) is 12.1 Å². The third-order valence-electron chi connectivity index (χ3n) is 7.82. The van der Waals surface area contributed by atoms with E-state index >= 15 is 0 Å². The van der Waals surface area contributed by atoms with E-state index in [1.165, 1.54) is 4.90 Å². The summed E-state index contributed by atoms with van der Waals surface area (Å²) in [5.41, 5.74) is 1.87. The molecule has 0 bridgehead atoms. The van der Waals surface area contributed by atoms with Crippen LogP contribution in [0.3, 0.4) is 0 Å². The summed E-state index contributed by atoms with van der Waals surface area (Å²) in [6.07, 6.45) is 1.29. The van der Waals surface area contributed by atoms with Crippen LogP contribution in [0.1, 0.15) is 36.0 Å². The van der Waals surface area contributed by atoms with Gasteiger partial charge in [-0.25, -0.2) is 14.6 Å². The molecule has 1 aromatic carbocycles. The first-order chi connectivity index (χ1) is 18.3. The normalized spacial score (nSPS) is 27.6. The van der Waals surface area contributed by atoms with Crippen LogP contribution < -0.4 is 25.6 Å². The summed E-state index contributed by atoms with van der Waals surface area (Å²) >= 11 is 0. The number of aromatic nitrogens is 1. The fourth-order valence-electron chi connectivity index (χ4n) is 6.09. The first-order valence-electron chi connectivity index (χ1n) is 12.5. The van der Waals surface area contributed by atoms with Gasteiger partial charge in [-0.15, -0.1) is 0 Å². The van der Waals surface area contributed by atoms with Crippen LogP contribution >= 0.6 is 0 Å². The number of ether oxygens (including phenoxy) is 2. The van der Waals surface area contributed by atoms with Crippen LogP contribution in [-0.4, -0.2) is 65.1 Å². The van der Waals surface area contributed by atoms with Crippen molar-refractivity contribution in [3.63, 3.8) is 0 Å². The number of hydrogen-bond donors (Lipinski definition) is 4. The molecule has 1 saturated carbocycles. The van der Waals surface area contributed by atoms with Crippen molar-refractivity contribution in [2.24, 2.45) is 0 Å². The fraction of sp³-hybridized carbons (Fsp3) is 0.423. The van der Waals surface area contributed by atoms with Gasteiger partial charge in [0.1, 0.15) is 5.82 Å². The second kappa shape index (κ2) is 9.18. The van der Waals surface area contributed by atoms with Gasteiger partial charge in [0, 0.05) is 12.1 Å². The Balaban J connectivity index is 1.17. The zero-order valence-corrected chi connectivity index (χ0v) is 20.4. The van der Waals surface area contributed by atoms with Gasteiger partial charge in [0.25, 0.3) is 5.91 Å². The Morgan fingerprint density at radius 2 is 2.11 bits per heavy atom. The SMILES string of the molecule is N#Cc1cccc2c1CC(NC1CCC3(CN(c4ccc5c(n4)NC(=O)CO5)C(=O)O3)C(NC(=O)O)C1)C2. The average molecular weight is 519 g/mol. The molecule has 3 amide bonds. The number of benzene rings is 1. The second-order valence-corrected chi connectivity index (χ2v) is 10.2. The maximum atomic E-state index is 13.0. The van der Waals surface area contributed by atoms with Crippen LogP contribution in [0, 0.1) is 11.3 Å². The van der Waals surface area contributed by atoms with Gasteiger partial charge in [-0.05, 0) is 61.4 Å². The van der Waals surface area contributed by atoms with Crippen molar-refractivity contribution in [3.05, 3.63) is 47.0 Å². The quantitative estimate of drug-likeness (QED) is 0.473. The number of nitriles is 1. The number of carbonyl (C=O) groups excluding carboxylic acids is 2. The maximum absolute atomic E-state index is 13.0. The summed E-state index contributed by atoms with van der Waals surface area (Å²) in [6, 6.07) is 10.8. The van der Waals surface area contributed by atoms with Gasteiger partial charge in [0.05, 0.1) is 24.2 Å². The summed E-state index contributed by atoms with van der Waals surface area (Å²) in [5, 5.41) is 27.9. The predicted octanol–water partition coefficient (Wildman–Crippen LogP) is 1.93. The third-order valence-corrected chi connectivity index (χ3v) is 7.82. The molecule has 1 aromatic heterocycles. The van der Waals surface area contributed by atoms with Gasteiger partial charge in [0.15, 0.2) is 23.8 Å². The molecule has 4 aliphatic rings. The average Bonchev–Trinajstić information content (AvgIpc) is 3.46. The number of hydrogen-bond acceptors (Lipinski definition) is 8. The zero-order valence-electron chi connectivity index (χ0n) is 20.4. The Kier molecular flexibility index (Phi) is 5.80. The Morgan fingerprint density at radius 1 is 1.24 bits per heavy atom. The van der Waals surface area contributed by atoms with Crippen LogP contribution in [0.2, 0.25) is 0 Å². The number of carboxylic acid groups (broad SMARTS) is 1. The Hall–Kier alpha value is -4.37. The van der Waals surface area contributed by atoms with Crippen LogP contribution in [0.15, 0.2) is 30.3 Å². The molecule has 0 radical (unpaired) electrons. The van der Waals surface area contributed by atoms with Crippen molar-refractivity contribution in [1.82, 2.24) is 15.6 Å². The topological polar surface area (TPSA) is 166 Å². The Labute approximate surface area is 217 Å². The zero-order chi connectivity index (χ0) is 26.4. The minimum absolute atomic E-state index is 0.00399. The molecule has 2 fully saturated rings. The Bertz CT molecular complexity index is 1370. The van der Waals surface area contributed by atoms with Crippen molar-refractivity contribution in [2.45, 2.75) is 55.8 Å². The monoisotopic (exact) mass is 518 g/mol. The lowest BCUT2D eigenvalue weighted by atomic mass is 9.77. The number of nitrogens with zero attached hydrogens (tertiary/aromatic N) is 3. The molecule has 2 aromatic rings. The highest BCUT2D eigenvalue weighted by Gasteiger charge is 2.55. The van der Waals surface area contributed by atoms with Crippen molar-refractivity contribution in [1.29, 1.82) is 5.26 Å². The van der Waals surface area contributed by atoms with Crippen molar-refractivity contribution in [3.8, 4) is 11.8 Å². The standard InChI is InChI=1S/C26H26N6O6/c27-11-15-3-1-2-14-8-17(9-18(14)15)28-16-6-7-26(20(10-16)29-24(34)35)13-32(25(36)38-26)21-5-4-19-23(30-21)31-22(33)12-37-19/h1-5,16-17,20,28-29H,6-10,12-13H2,(H,34,35)(H,30,31,33). The molecule has 38 heavy (non-hydrogen) atoms. The van der Waals surface area contributed by atoms with Gasteiger partial charge in [-0.3, -0.25) is 9.69 Å². The maximum Gasteiger partial charge on any atom is 0.416 e. The van der Waals surface area contributed by atoms with E-state index in [0.717, 1.165) is 24.0 Å². The molecule has 3 heterocycles. The van der Waals surface area contributed by atoms with Crippen LogP contribution in [0.5, 0.6) is 5.75 Å². The molecular formula is C26H26N6O6. The molecule has 2 aliphatic heterocycles. The van der Waals surface area contributed by atoms with Crippen LogP contribution in [-0.2, 0) is 22.4 Å². The summed E-state index contributed by atoms with van der Waals surface area (Å²) in [4.78, 5) is 42.1. The number of rotatable bonds is 4. The summed E-state index contributed by atoms with van der Waals surface area (Å²) < 4.78 is 11.2. The number of fused-ring (bicyclic) bond motifs is 2. The van der Waals surface area contributed by atoms with Gasteiger partial charge >= 0.3 is 12.2 Å². The minimum atomic E-state index is -1.19. The largest absolute Gasteiger partial charge is 0.480 e. The highest BCUT2D eigenvalue weighted by molar-refractivity contribution is 5.95. The van der Waals surface area contributed by atoms with E-state index in [0.29, 0.717) is 30.6 Å². The molecule has 4 N–H and O–H groups in total. The third kappa shape index (κ3) is 4.24. The van der Waals surface area contributed by atoms with E-state index in [4.69, 9.17) is 9.47 Å². The lowest BCUT2D eigenvalue weighted by Gasteiger charge is -2.42. The molecular weight excluding hydrogens is 492 g/mol. The molecule has 1 spiro atoms. The van der Waals surface area contributed by atoms with Gasteiger partial charge in [-0.2, -0.15) is 5.26 Å². The van der Waals surface area contributed by atoms with Gasteiger partial charge < -0.3 is 30.5 Å². The van der Waals surface area contributed by atoms with Crippen LogP contribution in [0.25, 0.3) is 0 Å². The van der Waals surface area contributed by atoms with E-state index in [1.807, 2.05) is 18.2 Å². The first kappa shape index (κ1) is 24.0. The summed E-state index contributed by atoms with van der Waals surface area (Å²) in [7, 11) is 0. The molecule has 4 unspecified atom stereocenters. The summed E-state index contributed by atoms with van der Waals surface area (Å²) in [5.74, 6) is 0.567. The molecule has 12 heteroatoms. The molecule has 6 rings (SSSR count). The number of amides is 3. The summed E-state index contributed by atoms with van der Waals surface area (Å²) in [6.45, 7) is 0.0115. The number of carbonyl (C=O) groups is 3. The highest BCUT2D eigenvalue weighted by Crippen LogP contribution is 2.40. The lowest BCUT2D eigenvalue weighted by Crippen LogP contribution is -2.61. The first-order valence-corrected chi connectivity index (χ1v) is 12.5. The Morgan fingerprint density at radius 3 is 2.92 bits per heavy atom. The smallest absolute Gasteiger partial charge is 0.416 e. The van der Waals surface area contributed by atoms with E-state index in [2.05, 4.69) is 27.0 Å². The number of pyridine rings is 1. The van der Waals surface area contributed by atoms with E-state index in [9.17, 15) is 24.8 Å². The number of nitrogens with one attached hydrogen (secondary N) is 3.